The van der Waals surface area contributed by atoms with Crippen molar-refractivity contribution < 1.29 is 14.7 Å². The van der Waals surface area contributed by atoms with E-state index in [4.69, 9.17) is 5.11 Å². The Morgan fingerprint density at radius 3 is 2.60 bits per heavy atom. The van der Waals surface area contributed by atoms with Crippen LogP contribution in [-0.2, 0) is 4.79 Å². The molecule has 108 valence electrons. The zero-order valence-electron chi connectivity index (χ0n) is 11.3. The molecule has 0 aliphatic heterocycles. The second-order valence-electron chi connectivity index (χ2n) is 5.44. The molecular weight excluding hydrogens is 258 g/mol. The van der Waals surface area contributed by atoms with Crippen LogP contribution in [0.5, 0.6) is 0 Å². The molecule has 1 saturated carbocycles. The fourth-order valence-electron chi connectivity index (χ4n) is 2.83. The highest BCUT2D eigenvalue weighted by Gasteiger charge is 2.34. The van der Waals surface area contributed by atoms with Gasteiger partial charge in [-0.15, -0.1) is 0 Å². The number of hydrogen-bond acceptors (Lipinski definition) is 4. The Bertz CT molecular complexity index is 470. The van der Waals surface area contributed by atoms with E-state index in [0.717, 1.165) is 32.1 Å². The van der Waals surface area contributed by atoms with Crippen LogP contribution in [0.4, 0.5) is 0 Å². The molecule has 1 aliphatic rings. The quantitative estimate of drug-likeness (QED) is 0.853. The first kappa shape index (κ1) is 14.4. The Labute approximate surface area is 117 Å². The van der Waals surface area contributed by atoms with Crippen LogP contribution in [0.15, 0.2) is 18.5 Å². The summed E-state index contributed by atoms with van der Waals surface area (Å²) in [5.41, 5.74) is 0.140. The lowest BCUT2D eigenvalue weighted by molar-refractivity contribution is -0.140. The summed E-state index contributed by atoms with van der Waals surface area (Å²) in [6.07, 6.45) is 7.89. The van der Waals surface area contributed by atoms with Crippen LogP contribution in [-0.4, -0.2) is 33.7 Å². The number of aromatic nitrogens is 2. The van der Waals surface area contributed by atoms with Gasteiger partial charge in [0.2, 0.25) is 0 Å². The fourth-order valence-corrected chi connectivity index (χ4v) is 2.83. The zero-order valence-corrected chi connectivity index (χ0v) is 11.3. The number of carbonyl (C=O) groups is 2. The largest absolute Gasteiger partial charge is 0.481 e. The average Bonchev–Trinajstić information content (AvgIpc) is 2.46. The van der Waals surface area contributed by atoms with Crippen LogP contribution in [0, 0.1) is 5.41 Å². The molecule has 0 spiro atoms. The molecule has 1 aliphatic carbocycles. The predicted molar refractivity (Wildman–Crippen MR) is 72.1 cm³/mol. The number of amides is 1. The Kier molecular flexibility index (Phi) is 4.65. The second-order valence-corrected chi connectivity index (χ2v) is 5.44. The van der Waals surface area contributed by atoms with Crippen molar-refractivity contribution in [1.82, 2.24) is 15.5 Å². The summed E-state index contributed by atoms with van der Waals surface area (Å²) in [4.78, 5) is 23.0. The molecule has 6 heteroatoms. The Balaban J connectivity index is 1.98. The number of carboxylic acid groups (broad SMARTS) is 1. The van der Waals surface area contributed by atoms with E-state index in [1.807, 2.05) is 0 Å². The van der Waals surface area contributed by atoms with E-state index in [1.165, 1.54) is 12.4 Å². The third kappa shape index (κ3) is 3.76. The lowest BCUT2D eigenvalue weighted by atomic mass is 9.71. The van der Waals surface area contributed by atoms with Gasteiger partial charge in [0.1, 0.15) is 0 Å². The first-order chi connectivity index (χ1) is 9.61. The van der Waals surface area contributed by atoms with Crippen molar-refractivity contribution in [2.45, 2.75) is 38.5 Å². The Morgan fingerprint density at radius 2 is 2.00 bits per heavy atom. The molecule has 0 saturated heterocycles. The normalized spacial score (nSPS) is 17.4. The molecule has 0 atom stereocenters. The van der Waals surface area contributed by atoms with Crippen LogP contribution < -0.4 is 5.32 Å². The van der Waals surface area contributed by atoms with Gasteiger partial charge in [0.15, 0.2) is 0 Å². The maximum absolute atomic E-state index is 12.0. The van der Waals surface area contributed by atoms with Gasteiger partial charge in [-0.05, 0) is 24.3 Å². The molecule has 6 nitrogen and oxygen atoms in total. The molecule has 0 unspecified atom stereocenters. The van der Waals surface area contributed by atoms with Gasteiger partial charge in [-0.1, -0.05) is 19.3 Å². The molecule has 2 N–H and O–H groups in total. The molecule has 0 aromatic carbocycles. The lowest BCUT2D eigenvalue weighted by Gasteiger charge is -2.36. The summed E-state index contributed by atoms with van der Waals surface area (Å²) in [5, 5.41) is 19.2. The van der Waals surface area contributed by atoms with E-state index in [9.17, 15) is 9.59 Å². The van der Waals surface area contributed by atoms with Gasteiger partial charge < -0.3 is 10.4 Å². The van der Waals surface area contributed by atoms with E-state index in [0.29, 0.717) is 12.1 Å². The van der Waals surface area contributed by atoms with Crippen LogP contribution in [0.1, 0.15) is 48.9 Å². The van der Waals surface area contributed by atoms with Crippen LogP contribution in [0.25, 0.3) is 0 Å². The number of hydrogen-bond donors (Lipinski definition) is 2. The molecule has 0 radical (unpaired) electrons. The van der Waals surface area contributed by atoms with Gasteiger partial charge in [0.05, 0.1) is 24.4 Å². The van der Waals surface area contributed by atoms with E-state index in [2.05, 4.69) is 15.5 Å². The molecule has 2 rings (SSSR count). The van der Waals surface area contributed by atoms with Gasteiger partial charge in [0, 0.05) is 6.54 Å². The van der Waals surface area contributed by atoms with E-state index in [1.54, 1.807) is 6.07 Å². The van der Waals surface area contributed by atoms with Crippen molar-refractivity contribution >= 4 is 11.9 Å². The van der Waals surface area contributed by atoms with Crippen molar-refractivity contribution in [3.63, 3.8) is 0 Å². The monoisotopic (exact) mass is 277 g/mol. The van der Waals surface area contributed by atoms with Crippen molar-refractivity contribution in [2.75, 3.05) is 6.54 Å². The third-order valence-electron chi connectivity index (χ3n) is 3.91. The highest BCUT2D eigenvalue weighted by Crippen LogP contribution is 2.38. The van der Waals surface area contributed by atoms with Crippen molar-refractivity contribution in [2.24, 2.45) is 5.41 Å². The number of aliphatic carboxylic acids is 1. The molecule has 1 aromatic heterocycles. The fraction of sp³-hybridized carbons (Fsp3) is 0.571. The molecule has 1 aromatic rings. The van der Waals surface area contributed by atoms with Crippen LogP contribution >= 0.6 is 0 Å². The minimum Gasteiger partial charge on any atom is -0.481 e. The first-order valence-corrected chi connectivity index (χ1v) is 6.88. The number of rotatable bonds is 5. The summed E-state index contributed by atoms with van der Waals surface area (Å²) < 4.78 is 0. The maximum Gasteiger partial charge on any atom is 0.303 e. The summed E-state index contributed by atoms with van der Waals surface area (Å²) in [6, 6.07) is 1.59. The molecular formula is C14H19N3O3. The first-order valence-electron chi connectivity index (χ1n) is 6.88. The van der Waals surface area contributed by atoms with Crippen molar-refractivity contribution in [3.8, 4) is 0 Å². The van der Waals surface area contributed by atoms with Crippen molar-refractivity contribution in [1.29, 1.82) is 0 Å². The Hall–Kier alpha value is -1.98. The third-order valence-corrected chi connectivity index (χ3v) is 3.91. The second kappa shape index (κ2) is 6.45. The van der Waals surface area contributed by atoms with E-state index < -0.39 is 5.97 Å². The number of carboxylic acids is 1. The zero-order chi connectivity index (χ0) is 14.4. The summed E-state index contributed by atoms with van der Waals surface area (Å²) in [5.74, 6) is -1.03. The SMILES string of the molecule is O=C(O)CC1(CNC(=O)c2ccnnc2)CCCCC1. The summed E-state index contributed by atoms with van der Waals surface area (Å²) in [6.45, 7) is 0.403. The van der Waals surface area contributed by atoms with Crippen LogP contribution in [0.3, 0.4) is 0 Å². The number of nitrogens with one attached hydrogen (secondary N) is 1. The highest BCUT2D eigenvalue weighted by molar-refractivity contribution is 5.93. The molecule has 0 bridgehead atoms. The number of nitrogens with zero attached hydrogens (tertiary/aromatic N) is 2. The average molecular weight is 277 g/mol. The molecule has 1 amide bonds. The molecule has 1 heterocycles. The number of carbonyl (C=O) groups excluding carboxylic acids is 1. The van der Waals surface area contributed by atoms with Gasteiger partial charge >= 0.3 is 5.97 Å². The topological polar surface area (TPSA) is 92.2 Å². The standard InChI is InChI=1S/C14H19N3O3/c18-12(19)8-14(5-2-1-3-6-14)10-15-13(20)11-4-7-16-17-9-11/h4,7,9H,1-3,5-6,8,10H2,(H,15,20)(H,18,19). The van der Waals surface area contributed by atoms with Crippen LogP contribution in [0.2, 0.25) is 0 Å². The van der Waals surface area contributed by atoms with E-state index in [-0.39, 0.29) is 17.7 Å². The predicted octanol–water partition coefficient (Wildman–Crippen LogP) is 1.63. The molecule has 1 fully saturated rings. The summed E-state index contributed by atoms with van der Waals surface area (Å²) in [7, 11) is 0. The summed E-state index contributed by atoms with van der Waals surface area (Å²) >= 11 is 0. The molecule has 20 heavy (non-hydrogen) atoms. The van der Waals surface area contributed by atoms with Gasteiger partial charge in [-0.25, -0.2) is 0 Å². The van der Waals surface area contributed by atoms with Crippen molar-refractivity contribution in [3.05, 3.63) is 24.0 Å². The minimum absolute atomic E-state index is 0.113. The smallest absolute Gasteiger partial charge is 0.303 e. The van der Waals surface area contributed by atoms with Gasteiger partial charge in [-0.3, -0.25) is 9.59 Å². The van der Waals surface area contributed by atoms with Gasteiger partial charge in [0.25, 0.3) is 5.91 Å². The Morgan fingerprint density at radius 1 is 1.25 bits per heavy atom. The van der Waals surface area contributed by atoms with E-state index >= 15 is 0 Å². The minimum atomic E-state index is -0.799. The van der Waals surface area contributed by atoms with Gasteiger partial charge in [-0.2, -0.15) is 10.2 Å². The maximum atomic E-state index is 12.0. The lowest BCUT2D eigenvalue weighted by Crippen LogP contribution is -2.40. The highest BCUT2D eigenvalue weighted by atomic mass is 16.4.